The summed E-state index contributed by atoms with van der Waals surface area (Å²) in [5, 5.41) is 0. The van der Waals surface area contributed by atoms with Crippen LogP contribution in [0, 0.1) is 23.7 Å². The number of aromatic nitrogens is 2. The van der Waals surface area contributed by atoms with Crippen LogP contribution in [0.3, 0.4) is 0 Å². The third kappa shape index (κ3) is 2.86. The summed E-state index contributed by atoms with van der Waals surface area (Å²) < 4.78 is 5.22. The highest BCUT2D eigenvalue weighted by Gasteiger charge is 2.47. The van der Waals surface area contributed by atoms with Gasteiger partial charge in [-0.15, -0.1) is 0 Å². The number of hydrogen-bond acceptors (Lipinski definition) is 3. The van der Waals surface area contributed by atoms with E-state index in [0.29, 0.717) is 11.8 Å². The molecule has 4 heteroatoms. The normalized spacial score (nSPS) is 32.6. The molecule has 0 bridgehead atoms. The third-order valence-electron chi connectivity index (χ3n) is 6.84. The Hall–Kier alpha value is -1.84. The Balaban J connectivity index is 1.23. The zero-order chi connectivity index (χ0) is 17.0. The summed E-state index contributed by atoms with van der Waals surface area (Å²) in [6.07, 6.45) is 9.61. The van der Waals surface area contributed by atoms with E-state index >= 15 is 0 Å². The van der Waals surface area contributed by atoms with Crippen LogP contribution < -0.4 is 10.3 Å². The molecule has 5 unspecified atom stereocenters. The van der Waals surface area contributed by atoms with Crippen molar-refractivity contribution in [1.82, 2.24) is 9.97 Å². The number of rotatable bonds is 6. The predicted molar refractivity (Wildman–Crippen MR) is 97.9 cm³/mol. The van der Waals surface area contributed by atoms with E-state index in [2.05, 4.69) is 9.97 Å². The van der Waals surface area contributed by atoms with Crippen LogP contribution in [0.5, 0.6) is 5.75 Å². The molecule has 0 spiro atoms. The second kappa shape index (κ2) is 5.86. The number of benzene rings is 1. The van der Waals surface area contributed by atoms with E-state index in [9.17, 15) is 4.79 Å². The maximum atomic E-state index is 12.4. The Bertz CT molecular complexity index is 859. The van der Waals surface area contributed by atoms with Crippen LogP contribution in [0.2, 0.25) is 0 Å². The Kier molecular flexibility index (Phi) is 3.61. The van der Waals surface area contributed by atoms with Gasteiger partial charge in [-0.3, -0.25) is 4.79 Å². The summed E-state index contributed by atoms with van der Waals surface area (Å²) in [6, 6.07) is 5.66. The van der Waals surface area contributed by atoms with Gasteiger partial charge in [0.25, 0.3) is 5.56 Å². The fraction of sp³-hybridized carbons (Fsp3) is 0.619. The van der Waals surface area contributed by atoms with E-state index in [1.54, 1.807) is 7.11 Å². The molecule has 132 valence electrons. The van der Waals surface area contributed by atoms with Gasteiger partial charge in [0.2, 0.25) is 0 Å². The largest absolute Gasteiger partial charge is 0.497 e. The summed E-state index contributed by atoms with van der Waals surface area (Å²) in [6.45, 7) is 0. The number of ether oxygens (including phenoxy) is 1. The molecule has 0 saturated heterocycles. The first-order valence-electron chi connectivity index (χ1n) is 9.81. The van der Waals surface area contributed by atoms with Crippen LogP contribution in [-0.4, -0.2) is 17.1 Å². The molecular weight excluding hydrogens is 312 g/mol. The van der Waals surface area contributed by atoms with Gasteiger partial charge in [0.15, 0.2) is 0 Å². The topological polar surface area (TPSA) is 55.0 Å². The van der Waals surface area contributed by atoms with E-state index in [0.717, 1.165) is 46.7 Å². The van der Waals surface area contributed by atoms with Crippen LogP contribution >= 0.6 is 0 Å². The van der Waals surface area contributed by atoms with Gasteiger partial charge in [0.05, 0.1) is 18.1 Å². The number of nitrogens with zero attached hydrogens (tertiary/aromatic N) is 1. The van der Waals surface area contributed by atoms with Gasteiger partial charge in [-0.2, -0.15) is 0 Å². The van der Waals surface area contributed by atoms with Crippen LogP contribution in [-0.2, 0) is 0 Å². The Morgan fingerprint density at radius 1 is 1.20 bits per heavy atom. The molecule has 3 aliphatic carbocycles. The minimum Gasteiger partial charge on any atom is -0.497 e. The van der Waals surface area contributed by atoms with Crippen molar-refractivity contribution >= 4 is 11.0 Å². The molecule has 1 aromatic carbocycles. The van der Waals surface area contributed by atoms with Crippen LogP contribution in [0.4, 0.5) is 0 Å². The highest BCUT2D eigenvalue weighted by Crippen LogP contribution is 2.57. The van der Waals surface area contributed by atoms with Crippen LogP contribution in [0.1, 0.15) is 56.6 Å². The summed E-state index contributed by atoms with van der Waals surface area (Å²) in [4.78, 5) is 20.1. The zero-order valence-corrected chi connectivity index (χ0v) is 14.8. The SMILES string of the molecule is COc1ccc2nc(C3CC3CCCC3CCC4CC34)c(=O)[nH]c2c1. The highest BCUT2D eigenvalue weighted by atomic mass is 16.5. The second-order valence-electron chi connectivity index (χ2n) is 8.36. The summed E-state index contributed by atoms with van der Waals surface area (Å²) in [5.74, 6) is 4.97. The summed E-state index contributed by atoms with van der Waals surface area (Å²) >= 11 is 0. The molecule has 4 nitrogen and oxygen atoms in total. The van der Waals surface area contributed by atoms with Gasteiger partial charge in [0.1, 0.15) is 11.4 Å². The van der Waals surface area contributed by atoms with Crippen LogP contribution in [0.25, 0.3) is 11.0 Å². The zero-order valence-electron chi connectivity index (χ0n) is 14.8. The quantitative estimate of drug-likeness (QED) is 0.856. The predicted octanol–water partition coefficient (Wildman–Crippen LogP) is 4.25. The first kappa shape index (κ1) is 15.4. The molecule has 3 saturated carbocycles. The lowest BCUT2D eigenvalue weighted by Crippen LogP contribution is -2.14. The number of nitrogens with one attached hydrogen (secondary N) is 1. The molecule has 5 atom stereocenters. The van der Waals surface area contributed by atoms with Crippen molar-refractivity contribution in [2.24, 2.45) is 23.7 Å². The molecule has 0 amide bonds. The van der Waals surface area contributed by atoms with Crippen molar-refractivity contribution in [3.8, 4) is 5.75 Å². The van der Waals surface area contributed by atoms with E-state index in [1.165, 1.54) is 38.5 Å². The van der Waals surface area contributed by atoms with E-state index in [1.807, 2.05) is 18.2 Å². The molecule has 3 aliphatic rings. The first-order valence-corrected chi connectivity index (χ1v) is 9.81. The average Bonchev–Trinajstić information content (AvgIpc) is 3.53. The Morgan fingerprint density at radius 3 is 2.84 bits per heavy atom. The Morgan fingerprint density at radius 2 is 2.08 bits per heavy atom. The lowest BCUT2D eigenvalue weighted by atomic mass is 9.95. The molecule has 5 rings (SSSR count). The lowest BCUT2D eigenvalue weighted by molar-refractivity contribution is 0.415. The van der Waals surface area contributed by atoms with Gasteiger partial charge in [-0.05, 0) is 67.9 Å². The van der Waals surface area contributed by atoms with Gasteiger partial charge in [0, 0.05) is 12.0 Å². The standard InChI is InChI=1S/C21H26N2O2/c1-25-15-7-8-18-19(11-15)23-21(24)20(22-18)17-10-13(17)4-2-3-12-5-6-14-9-16(12)14/h7-8,11-14,16-17H,2-6,9-10H2,1H3,(H,23,24). The maximum Gasteiger partial charge on any atom is 0.270 e. The molecule has 1 aromatic heterocycles. The maximum absolute atomic E-state index is 12.4. The molecular formula is C21H26N2O2. The van der Waals surface area contributed by atoms with Crippen molar-refractivity contribution in [2.75, 3.05) is 7.11 Å². The van der Waals surface area contributed by atoms with E-state index < -0.39 is 0 Å². The number of fused-ring (bicyclic) bond motifs is 2. The fourth-order valence-corrected chi connectivity index (χ4v) is 5.18. The van der Waals surface area contributed by atoms with Gasteiger partial charge >= 0.3 is 0 Å². The smallest absolute Gasteiger partial charge is 0.270 e. The van der Waals surface area contributed by atoms with Crippen molar-refractivity contribution in [3.63, 3.8) is 0 Å². The van der Waals surface area contributed by atoms with Crippen molar-refractivity contribution in [2.45, 2.75) is 50.9 Å². The molecule has 2 aromatic rings. The molecule has 1 heterocycles. The van der Waals surface area contributed by atoms with Crippen molar-refractivity contribution in [3.05, 3.63) is 34.2 Å². The summed E-state index contributed by atoms with van der Waals surface area (Å²) in [7, 11) is 1.63. The fourth-order valence-electron chi connectivity index (χ4n) is 5.18. The Labute approximate surface area is 148 Å². The van der Waals surface area contributed by atoms with Crippen LogP contribution in [0.15, 0.2) is 23.0 Å². The van der Waals surface area contributed by atoms with E-state index in [-0.39, 0.29) is 5.56 Å². The van der Waals surface area contributed by atoms with Gasteiger partial charge in [-0.1, -0.05) is 12.8 Å². The average molecular weight is 338 g/mol. The first-order chi connectivity index (χ1) is 12.2. The number of hydrogen-bond donors (Lipinski definition) is 1. The monoisotopic (exact) mass is 338 g/mol. The number of aromatic amines is 1. The number of H-pyrrole nitrogens is 1. The van der Waals surface area contributed by atoms with Gasteiger partial charge < -0.3 is 9.72 Å². The lowest BCUT2D eigenvalue weighted by Gasteiger charge is -2.10. The molecule has 0 radical (unpaired) electrons. The number of methoxy groups -OCH3 is 1. The van der Waals surface area contributed by atoms with Crippen molar-refractivity contribution in [1.29, 1.82) is 0 Å². The highest BCUT2D eigenvalue weighted by molar-refractivity contribution is 5.75. The third-order valence-corrected chi connectivity index (χ3v) is 6.84. The molecule has 0 aliphatic heterocycles. The van der Waals surface area contributed by atoms with Gasteiger partial charge in [-0.25, -0.2) is 4.98 Å². The minimum atomic E-state index is -0.0233. The minimum absolute atomic E-state index is 0.0233. The second-order valence-corrected chi connectivity index (χ2v) is 8.36. The summed E-state index contributed by atoms with van der Waals surface area (Å²) in [5.41, 5.74) is 2.33. The van der Waals surface area contributed by atoms with E-state index in [4.69, 9.17) is 4.74 Å². The molecule has 25 heavy (non-hydrogen) atoms. The molecule has 3 fully saturated rings. The molecule has 1 N–H and O–H groups in total. The van der Waals surface area contributed by atoms with Crippen molar-refractivity contribution < 1.29 is 4.74 Å².